The molecule has 0 rings (SSSR count). The third-order valence-electron chi connectivity index (χ3n) is 0.572. The zero-order chi connectivity index (χ0) is 5.86. The van der Waals surface area contributed by atoms with E-state index in [4.69, 9.17) is 16.8 Å². The molecule has 0 saturated heterocycles. The second-order valence-corrected chi connectivity index (χ2v) is 1.96. The van der Waals surface area contributed by atoms with Gasteiger partial charge in [-0.3, -0.25) is 0 Å². The predicted molar refractivity (Wildman–Crippen MR) is 29.9 cm³/mol. The first-order valence-corrected chi connectivity index (χ1v) is 2.43. The molecule has 1 N–H and O–H groups in total. The summed E-state index contributed by atoms with van der Waals surface area (Å²) in [6, 6.07) is 0. The van der Waals surface area contributed by atoms with Crippen LogP contribution >= 0.6 is 11.6 Å². The summed E-state index contributed by atoms with van der Waals surface area (Å²) in [6.07, 6.45) is 0. The second-order valence-electron chi connectivity index (χ2n) is 1.58. The molecule has 2 nitrogen and oxygen atoms in total. The Morgan fingerprint density at radius 3 is 2.14 bits per heavy atom. The van der Waals surface area contributed by atoms with Crippen LogP contribution in [0.3, 0.4) is 0 Å². The van der Waals surface area contributed by atoms with Gasteiger partial charge in [-0.05, 0) is 0 Å². The van der Waals surface area contributed by atoms with Gasteiger partial charge in [-0.25, -0.2) is 0 Å². The summed E-state index contributed by atoms with van der Waals surface area (Å²) in [5.74, 6) is 0.131. The first-order chi connectivity index (χ1) is 3.18. The number of nitrogens with zero attached hydrogens (tertiary/aromatic N) is 1. The minimum atomic E-state index is 0.131. The molecule has 42 valence electrons. The van der Waals surface area contributed by atoms with Gasteiger partial charge in [0.15, 0.2) is 0 Å². The minimum Gasteiger partial charge on any atom is -0.410 e. The number of hydrogen-bond donors (Lipinski definition) is 1. The van der Waals surface area contributed by atoms with E-state index in [2.05, 4.69) is 5.16 Å². The normalized spacial score (nSPS) is 12.9. The average Bonchev–Trinajstić information content (AvgIpc) is 1.65. The molecule has 0 atom stereocenters. The molecule has 0 saturated carbocycles. The average molecular weight is 122 g/mol. The molecule has 0 aromatic carbocycles. The number of oxime groups is 1. The maximum Gasteiger partial charge on any atom is 0.147 e. The molecule has 0 unspecified atom stereocenters. The number of rotatable bonds is 1. The molecule has 0 spiro atoms. The zero-order valence-corrected chi connectivity index (χ0v) is 5.11. The van der Waals surface area contributed by atoms with Gasteiger partial charge in [0.1, 0.15) is 5.17 Å². The molecule has 7 heavy (non-hydrogen) atoms. The largest absolute Gasteiger partial charge is 0.410 e. The summed E-state index contributed by atoms with van der Waals surface area (Å²) in [5, 5.41) is 11.0. The molecule has 0 heterocycles. The molecule has 0 aromatic heterocycles. The summed E-state index contributed by atoms with van der Waals surface area (Å²) in [5.41, 5.74) is 0. The Kier molecular flexibility index (Phi) is 2.76. The lowest BCUT2D eigenvalue weighted by atomic mass is 10.2. The van der Waals surface area contributed by atoms with Crippen LogP contribution in [0.1, 0.15) is 13.8 Å². The van der Waals surface area contributed by atoms with Crippen LogP contribution in [-0.2, 0) is 0 Å². The maximum atomic E-state index is 7.96. The van der Waals surface area contributed by atoms with Crippen LogP contribution in [0, 0.1) is 5.92 Å². The van der Waals surface area contributed by atoms with E-state index < -0.39 is 0 Å². The summed E-state index contributed by atoms with van der Waals surface area (Å²) in [7, 11) is 0. The molecule has 0 radical (unpaired) electrons. The molecular formula is C4H8ClNO. The van der Waals surface area contributed by atoms with Crippen molar-refractivity contribution in [3.05, 3.63) is 0 Å². The van der Waals surface area contributed by atoms with Gasteiger partial charge in [0.2, 0.25) is 0 Å². The zero-order valence-electron chi connectivity index (χ0n) is 4.35. The van der Waals surface area contributed by atoms with Crippen LogP contribution in [0.25, 0.3) is 0 Å². The van der Waals surface area contributed by atoms with Crippen molar-refractivity contribution >= 4 is 16.8 Å². The minimum absolute atomic E-state index is 0.131. The van der Waals surface area contributed by atoms with Crippen molar-refractivity contribution in [3.8, 4) is 0 Å². The smallest absolute Gasteiger partial charge is 0.147 e. The highest BCUT2D eigenvalue weighted by atomic mass is 35.5. The van der Waals surface area contributed by atoms with E-state index >= 15 is 0 Å². The van der Waals surface area contributed by atoms with Crippen LogP contribution in [0.5, 0.6) is 0 Å². The van der Waals surface area contributed by atoms with E-state index in [1.54, 1.807) is 0 Å². The first kappa shape index (κ1) is 6.76. The van der Waals surface area contributed by atoms with Crippen LogP contribution in [0.4, 0.5) is 0 Å². The lowest BCUT2D eigenvalue weighted by Gasteiger charge is -1.94. The second kappa shape index (κ2) is 2.86. The highest BCUT2D eigenvalue weighted by Gasteiger charge is 1.97. The fraction of sp³-hybridized carbons (Fsp3) is 0.750. The Morgan fingerprint density at radius 1 is 1.71 bits per heavy atom. The van der Waals surface area contributed by atoms with Gasteiger partial charge < -0.3 is 5.21 Å². The lowest BCUT2D eigenvalue weighted by Crippen LogP contribution is -1.96. The van der Waals surface area contributed by atoms with E-state index in [0.717, 1.165) is 0 Å². The van der Waals surface area contributed by atoms with Crippen LogP contribution in [0.15, 0.2) is 5.16 Å². The summed E-state index contributed by atoms with van der Waals surface area (Å²) in [4.78, 5) is 0. The van der Waals surface area contributed by atoms with E-state index in [-0.39, 0.29) is 11.1 Å². The lowest BCUT2D eigenvalue weighted by molar-refractivity contribution is 0.318. The maximum absolute atomic E-state index is 7.96. The topological polar surface area (TPSA) is 32.6 Å². The Morgan fingerprint density at radius 2 is 2.14 bits per heavy atom. The third-order valence-corrected chi connectivity index (χ3v) is 1.08. The van der Waals surface area contributed by atoms with Gasteiger partial charge in [-0.15, -0.1) is 0 Å². The van der Waals surface area contributed by atoms with Gasteiger partial charge >= 0.3 is 0 Å². The van der Waals surface area contributed by atoms with Gasteiger partial charge in [-0.1, -0.05) is 30.6 Å². The number of hydrogen-bond acceptors (Lipinski definition) is 2. The Balaban J connectivity index is 3.56. The molecule has 0 aliphatic rings. The third kappa shape index (κ3) is 2.45. The summed E-state index contributed by atoms with van der Waals surface area (Å²) < 4.78 is 0. The van der Waals surface area contributed by atoms with Gasteiger partial charge in [0, 0.05) is 5.92 Å². The first-order valence-electron chi connectivity index (χ1n) is 2.06. The van der Waals surface area contributed by atoms with Crippen LogP contribution < -0.4 is 0 Å². The van der Waals surface area contributed by atoms with Gasteiger partial charge in [0.25, 0.3) is 0 Å². The van der Waals surface area contributed by atoms with Gasteiger partial charge in [0.05, 0.1) is 0 Å². The quantitative estimate of drug-likeness (QED) is 0.320. The highest BCUT2D eigenvalue weighted by Crippen LogP contribution is 1.99. The Bertz CT molecular complexity index is 79.8. The highest BCUT2D eigenvalue weighted by molar-refractivity contribution is 6.65. The summed E-state index contributed by atoms with van der Waals surface area (Å²) in [6.45, 7) is 3.70. The fourth-order valence-electron chi connectivity index (χ4n) is 0.115. The van der Waals surface area contributed by atoms with Crippen molar-refractivity contribution in [2.75, 3.05) is 0 Å². The molecule has 0 aliphatic heterocycles. The van der Waals surface area contributed by atoms with Gasteiger partial charge in [-0.2, -0.15) is 0 Å². The van der Waals surface area contributed by atoms with Crippen LogP contribution in [-0.4, -0.2) is 10.4 Å². The molecule has 0 amide bonds. The monoisotopic (exact) mass is 121 g/mol. The molecular weight excluding hydrogens is 114 g/mol. The van der Waals surface area contributed by atoms with Crippen molar-refractivity contribution in [1.29, 1.82) is 0 Å². The molecule has 0 bridgehead atoms. The molecule has 0 aromatic rings. The van der Waals surface area contributed by atoms with E-state index in [0.29, 0.717) is 0 Å². The number of halogens is 1. The SMILES string of the molecule is CC(C)/C(Cl)=N/O. The summed E-state index contributed by atoms with van der Waals surface area (Å²) >= 11 is 5.30. The molecule has 0 fully saturated rings. The van der Waals surface area contributed by atoms with Crippen molar-refractivity contribution in [2.45, 2.75) is 13.8 Å². The predicted octanol–water partition coefficient (Wildman–Crippen LogP) is 1.67. The Labute approximate surface area is 47.8 Å². The molecule has 0 aliphatic carbocycles. The van der Waals surface area contributed by atoms with E-state index in [1.807, 2.05) is 13.8 Å². The Hall–Kier alpha value is -0.240. The fourth-order valence-corrected chi connectivity index (χ4v) is 0.115. The molecule has 3 heteroatoms. The van der Waals surface area contributed by atoms with Crippen LogP contribution in [0.2, 0.25) is 0 Å². The van der Waals surface area contributed by atoms with E-state index in [9.17, 15) is 0 Å². The van der Waals surface area contributed by atoms with Crippen molar-refractivity contribution in [1.82, 2.24) is 0 Å². The van der Waals surface area contributed by atoms with E-state index in [1.165, 1.54) is 0 Å². The van der Waals surface area contributed by atoms with Crippen molar-refractivity contribution in [3.63, 3.8) is 0 Å². The van der Waals surface area contributed by atoms with Crippen molar-refractivity contribution in [2.24, 2.45) is 11.1 Å². The van der Waals surface area contributed by atoms with Crippen molar-refractivity contribution < 1.29 is 5.21 Å². The standard InChI is InChI=1S/C4H8ClNO/c1-3(2)4(5)6-7/h3,7H,1-2H3/b6-4-.